The van der Waals surface area contributed by atoms with E-state index in [2.05, 4.69) is 44.6 Å². The molecule has 1 atom stereocenters. The van der Waals surface area contributed by atoms with Crippen molar-refractivity contribution in [3.05, 3.63) is 65.5 Å². The lowest BCUT2D eigenvalue weighted by Crippen LogP contribution is -2.28. The zero-order valence-corrected chi connectivity index (χ0v) is 16.8. The van der Waals surface area contributed by atoms with Crippen LogP contribution in [0.25, 0.3) is 16.6 Å². The average molecular weight is 392 g/mol. The molecule has 0 unspecified atom stereocenters. The van der Waals surface area contributed by atoms with Crippen LogP contribution >= 0.6 is 11.8 Å². The van der Waals surface area contributed by atoms with Crippen molar-refractivity contribution in [1.29, 1.82) is 0 Å². The minimum Gasteiger partial charge on any atom is -0.349 e. The van der Waals surface area contributed by atoms with Crippen LogP contribution < -0.4 is 5.32 Å². The Morgan fingerprint density at radius 3 is 2.79 bits per heavy atom. The number of rotatable bonds is 5. The molecule has 7 heteroatoms. The molecular weight excluding hydrogens is 370 g/mol. The maximum Gasteiger partial charge on any atom is 0.253 e. The van der Waals surface area contributed by atoms with Crippen molar-refractivity contribution < 1.29 is 4.79 Å². The Kier molecular flexibility index (Phi) is 5.00. The molecule has 6 nitrogen and oxygen atoms in total. The number of fused-ring (bicyclic) bond motifs is 2. The van der Waals surface area contributed by atoms with Crippen molar-refractivity contribution in [1.82, 2.24) is 24.9 Å². The molecule has 0 saturated carbocycles. The first kappa shape index (κ1) is 18.4. The summed E-state index contributed by atoms with van der Waals surface area (Å²) in [5.74, 6) is 0.763. The highest BCUT2D eigenvalue weighted by Gasteiger charge is 2.14. The SMILES string of the molecule is Cc1cc(C)n2nc(SCC(=O)N[C@H](C)c3cccc4ccccc34)nc2n1. The number of benzene rings is 2. The highest BCUT2D eigenvalue weighted by atomic mass is 32.2. The minimum absolute atomic E-state index is 0.0508. The molecule has 4 rings (SSSR count). The molecule has 4 aromatic rings. The van der Waals surface area contributed by atoms with E-state index in [1.807, 2.05) is 45.0 Å². The molecule has 2 aromatic heterocycles. The first-order chi connectivity index (χ1) is 13.5. The Hall–Kier alpha value is -2.93. The Morgan fingerprint density at radius 2 is 1.93 bits per heavy atom. The van der Waals surface area contributed by atoms with Gasteiger partial charge in [-0.3, -0.25) is 4.79 Å². The molecule has 142 valence electrons. The summed E-state index contributed by atoms with van der Waals surface area (Å²) in [7, 11) is 0. The molecule has 0 bridgehead atoms. The van der Waals surface area contributed by atoms with Gasteiger partial charge in [-0.05, 0) is 43.2 Å². The summed E-state index contributed by atoms with van der Waals surface area (Å²) < 4.78 is 1.70. The van der Waals surface area contributed by atoms with E-state index >= 15 is 0 Å². The second-order valence-corrected chi connectivity index (χ2v) is 7.73. The summed E-state index contributed by atoms with van der Waals surface area (Å²) in [5, 5.41) is 10.4. The van der Waals surface area contributed by atoms with Crippen LogP contribution in [0.3, 0.4) is 0 Å². The number of carbonyl (C=O) groups excluding carboxylic acids is 1. The van der Waals surface area contributed by atoms with Gasteiger partial charge in [0.25, 0.3) is 5.78 Å². The first-order valence-electron chi connectivity index (χ1n) is 9.12. The maximum absolute atomic E-state index is 12.5. The van der Waals surface area contributed by atoms with Crippen molar-refractivity contribution in [2.24, 2.45) is 0 Å². The molecular formula is C21H21N5OS. The van der Waals surface area contributed by atoms with Crippen LogP contribution in [0.15, 0.2) is 53.7 Å². The molecule has 0 saturated heterocycles. The van der Waals surface area contributed by atoms with Crippen LogP contribution in [0.1, 0.15) is 29.9 Å². The predicted octanol–water partition coefficient (Wildman–Crippen LogP) is 3.86. The first-order valence-corrected chi connectivity index (χ1v) is 10.1. The number of aryl methyl sites for hydroxylation is 2. The van der Waals surface area contributed by atoms with Crippen LogP contribution in [-0.2, 0) is 4.79 Å². The van der Waals surface area contributed by atoms with E-state index in [1.54, 1.807) is 4.52 Å². The van der Waals surface area contributed by atoms with Gasteiger partial charge in [0.05, 0.1) is 11.8 Å². The number of nitrogens with one attached hydrogen (secondary N) is 1. The van der Waals surface area contributed by atoms with Crippen molar-refractivity contribution in [3.8, 4) is 0 Å². The second-order valence-electron chi connectivity index (χ2n) is 6.79. The van der Waals surface area contributed by atoms with E-state index in [4.69, 9.17) is 0 Å². The molecule has 2 aromatic carbocycles. The largest absolute Gasteiger partial charge is 0.349 e. The van der Waals surface area contributed by atoms with Crippen molar-refractivity contribution in [2.45, 2.75) is 32.0 Å². The summed E-state index contributed by atoms with van der Waals surface area (Å²) in [4.78, 5) is 21.2. The smallest absolute Gasteiger partial charge is 0.253 e. The number of carbonyl (C=O) groups is 1. The minimum atomic E-state index is -0.0835. The third kappa shape index (κ3) is 3.71. The third-order valence-corrected chi connectivity index (χ3v) is 5.44. The van der Waals surface area contributed by atoms with E-state index in [0.717, 1.165) is 22.3 Å². The topological polar surface area (TPSA) is 72.2 Å². The van der Waals surface area contributed by atoms with Crippen LogP contribution in [0.5, 0.6) is 0 Å². The highest BCUT2D eigenvalue weighted by molar-refractivity contribution is 7.99. The molecule has 28 heavy (non-hydrogen) atoms. The molecule has 2 heterocycles. The standard InChI is InChI=1S/C21H21N5OS/c1-13-11-14(2)26-20(22-13)24-21(25-26)28-12-19(27)23-15(3)17-10-6-8-16-7-4-5-9-18(16)17/h4-11,15H,12H2,1-3H3,(H,23,27)/t15-/m1/s1. The van der Waals surface area contributed by atoms with Crippen molar-refractivity contribution in [3.63, 3.8) is 0 Å². The summed E-state index contributed by atoms with van der Waals surface area (Å²) >= 11 is 1.31. The van der Waals surface area contributed by atoms with Gasteiger partial charge in [0.1, 0.15) is 0 Å². The predicted molar refractivity (Wildman–Crippen MR) is 111 cm³/mol. The molecule has 0 aliphatic carbocycles. The van der Waals surface area contributed by atoms with E-state index in [0.29, 0.717) is 10.9 Å². The van der Waals surface area contributed by atoms with E-state index < -0.39 is 0 Å². The zero-order chi connectivity index (χ0) is 19.7. The number of nitrogens with zero attached hydrogens (tertiary/aromatic N) is 4. The van der Waals surface area contributed by atoms with Gasteiger partial charge in [-0.15, -0.1) is 5.10 Å². The van der Waals surface area contributed by atoms with Crippen LogP contribution in [0, 0.1) is 13.8 Å². The van der Waals surface area contributed by atoms with E-state index in [1.165, 1.54) is 17.1 Å². The summed E-state index contributed by atoms with van der Waals surface area (Å²) in [6, 6.07) is 16.2. The van der Waals surface area contributed by atoms with Gasteiger partial charge < -0.3 is 5.32 Å². The average Bonchev–Trinajstić information content (AvgIpc) is 3.09. The zero-order valence-electron chi connectivity index (χ0n) is 16.0. The summed E-state index contributed by atoms with van der Waals surface area (Å²) in [6.07, 6.45) is 0. The Labute approximate surface area is 167 Å². The molecule has 0 radical (unpaired) electrons. The number of thioether (sulfide) groups is 1. The van der Waals surface area contributed by atoms with E-state index in [-0.39, 0.29) is 17.7 Å². The lowest BCUT2D eigenvalue weighted by molar-refractivity contribution is -0.119. The fourth-order valence-electron chi connectivity index (χ4n) is 3.33. The molecule has 0 spiro atoms. The molecule has 1 amide bonds. The molecule has 0 fully saturated rings. The number of aromatic nitrogens is 4. The van der Waals surface area contributed by atoms with Crippen LogP contribution in [0.2, 0.25) is 0 Å². The quantitative estimate of drug-likeness (QED) is 0.523. The van der Waals surface area contributed by atoms with Crippen LogP contribution in [-0.4, -0.2) is 31.2 Å². The highest BCUT2D eigenvalue weighted by Crippen LogP contribution is 2.24. The number of hydrogen-bond donors (Lipinski definition) is 1. The Balaban J connectivity index is 1.44. The maximum atomic E-state index is 12.5. The van der Waals surface area contributed by atoms with Gasteiger partial charge in [0.15, 0.2) is 0 Å². The Bertz CT molecular complexity index is 1160. The molecule has 0 aliphatic rings. The second kappa shape index (κ2) is 7.59. The fraction of sp³-hybridized carbons (Fsp3) is 0.238. The fourth-order valence-corrected chi connectivity index (χ4v) is 3.96. The van der Waals surface area contributed by atoms with Gasteiger partial charge in [0.2, 0.25) is 11.1 Å². The van der Waals surface area contributed by atoms with Gasteiger partial charge >= 0.3 is 0 Å². The van der Waals surface area contributed by atoms with E-state index in [9.17, 15) is 4.79 Å². The molecule has 1 N–H and O–H groups in total. The Morgan fingerprint density at radius 1 is 1.14 bits per heavy atom. The number of amides is 1. The lowest BCUT2D eigenvalue weighted by atomic mass is 10.00. The monoisotopic (exact) mass is 391 g/mol. The van der Waals surface area contributed by atoms with Gasteiger partial charge in [-0.25, -0.2) is 9.50 Å². The lowest BCUT2D eigenvalue weighted by Gasteiger charge is -2.16. The van der Waals surface area contributed by atoms with Gasteiger partial charge in [0, 0.05) is 11.4 Å². The molecule has 0 aliphatic heterocycles. The van der Waals surface area contributed by atoms with Gasteiger partial charge in [-0.1, -0.05) is 54.2 Å². The van der Waals surface area contributed by atoms with Crippen LogP contribution in [0.4, 0.5) is 0 Å². The van der Waals surface area contributed by atoms with Gasteiger partial charge in [-0.2, -0.15) is 4.98 Å². The summed E-state index contributed by atoms with van der Waals surface area (Å²) in [6.45, 7) is 5.89. The van der Waals surface area contributed by atoms with Crippen molar-refractivity contribution in [2.75, 3.05) is 5.75 Å². The third-order valence-electron chi connectivity index (χ3n) is 4.60. The van der Waals surface area contributed by atoms with Crippen molar-refractivity contribution >= 4 is 34.2 Å². The number of hydrogen-bond acceptors (Lipinski definition) is 5. The summed E-state index contributed by atoms with van der Waals surface area (Å²) in [5.41, 5.74) is 2.98. The normalized spacial score (nSPS) is 12.4.